The van der Waals surface area contributed by atoms with Gasteiger partial charge >= 0.3 is 0 Å². The lowest BCUT2D eigenvalue weighted by atomic mass is 10.0. The van der Waals surface area contributed by atoms with Crippen molar-refractivity contribution in [1.29, 1.82) is 0 Å². The second kappa shape index (κ2) is 4.80. The molecule has 0 radical (unpaired) electrons. The quantitative estimate of drug-likeness (QED) is 0.678. The number of hydrogen-bond donors (Lipinski definition) is 1. The SMILES string of the molecule is Cn1cc(-c2cccc(S)c2)c2ccc(F)cc2c1=O. The van der Waals surface area contributed by atoms with Crippen LogP contribution in [-0.4, -0.2) is 4.57 Å². The highest BCUT2D eigenvalue weighted by molar-refractivity contribution is 7.80. The molecule has 0 atom stereocenters. The van der Waals surface area contributed by atoms with Crippen LogP contribution in [0.3, 0.4) is 0 Å². The van der Waals surface area contributed by atoms with Crippen LogP contribution in [0.2, 0.25) is 0 Å². The van der Waals surface area contributed by atoms with Crippen molar-refractivity contribution in [2.45, 2.75) is 4.90 Å². The molecule has 3 rings (SSSR count). The minimum absolute atomic E-state index is 0.203. The molecule has 2 aromatic carbocycles. The molecule has 1 aromatic heterocycles. The number of aryl methyl sites for hydroxylation is 1. The first-order valence-electron chi connectivity index (χ1n) is 6.14. The number of pyridine rings is 1. The van der Waals surface area contributed by atoms with Gasteiger partial charge in [-0.05, 0) is 35.2 Å². The first kappa shape index (κ1) is 12.9. The molecule has 0 N–H and O–H groups in total. The third-order valence-electron chi connectivity index (χ3n) is 3.30. The normalized spacial score (nSPS) is 10.9. The summed E-state index contributed by atoms with van der Waals surface area (Å²) in [5.41, 5.74) is 1.63. The Morgan fingerprint density at radius 3 is 2.65 bits per heavy atom. The van der Waals surface area contributed by atoms with E-state index in [0.717, 1.165) is 21.4 Å². The van der Waals surface area contributed by atoms with Gasteiger partial charge in [-0.3, -0.25) is 4.79 Å². The Morgan fingerprint density at radius 2 is 1.90 bits per heavy atom. The second-order valence-electron chi connectivity index (χ2n) is 4.70. The van der Waals surface area contributed by atoms with Gasteiger partial charge in [-0.1, -0.05) is 18.2 Å². The van der Waals surface area contributed by atoms with Crippen LogP contribution in [0.5, 0.6) is 0 Å². The number of thiol groups is 1. The van der Waals surface area contributed by atoms with E-state index >= 15 is 0 Å². The summed E-state index contributed by atoms with van der Waals surface area (Å²) in [7, 11) is 1.67. The van der Waals surface area contributed by atoms with Crippen LogP contribution >= 0.6 is 12.6 Å². The van der Waals surface area contributed by atoms with E-state index < -0.39 is 5.82 Å². The van der Waals surface area contributed by atoms with Crippen LogP contribution in [0.25, 0.3) is 21.9 Å². The standard InChI is InChI=1S/C16H12FNOS/c1-18-9-15(10-3-2-4-12(20)7-10)13-6-5-11(17)8-14(13)16(18)19/h2-9,20H,1H3. The van der Waals surface area contributed by atoms with Crippen LogP contribution in [0, 0.1) is 5.82 Å². The van der Waals surface area contributed by atoms with E-state index in [9.17, 15) is 9.18 Å². The van der Waals surface area contributed by atoms with Crippen molar-refractivity contribution in [3.8, 4) is 11.1 Å². The van der Waals surface area contributed by atoms with E-state index in [1.807, 2.05) is 24.3 Å². The van der Waals surface area contributed by atoms with Crippen LogP contribution in [-0.2, 0) is 7.05 Å². The molecule has 100 valence electrons. The number of nitrogens with zero attached hydrogens (tertiary/aromatic N) is 1. The van der Waals surface area contributed by atoms with Crippen molar-refractivity contribution in [2.75, 3.05) is 0 Å². The Hall–Kier alpha value is -2.07. The van der Waals surface area contributed by atoms with E-state index in [-0.39, 0.29) is 5.56 Å². The van der Waals surface area contributed by atoms with E-state index in [4.69, 9.17) is 0 Å². The lowest BCUT2D eigenvalue weighted by Crippen LogP contribution is -2.16. The summed E-state index contributed by atoms with van der Waals surface area (Å²) in [5.74, 6) is -0.408. The summed E-state index contributed by atoms with van der Waals surface area (Å²) >= 11 is 4.33. The number of hydrogen-bond acceptors (Lipinski definition) is 2. The Balaban J connectivity index is 2.42. The monoisotopic (exact) mass is 285 g/mol. The summed E-state index contributed by atoms with van der Waals surface area (Å²) in [6, 6.07) is 12.0. The Kier molecular flexibility index (Phi) is 3.10. The molecule has 1 heterocycles. The van der Waals surface area contributed by atoms with Gasteiger partial charge < -0.3 is 4.57 Å². The Labute approximate surface area is 120 Å². The lowest BCUT2D eigenvalue weighted by Gasteiger charge is -2.10. The fourth-order valence-corrected chi connectivity index (χ4v) is 2.57. The van der Waals surface area contributed by atoms with Gasteiger partial charge in [-0.15, -0.1) is 12.6 Å². The minimum atomic E-state index is -0.408. The van der Waals surface area contributed by atoms with Crippen molar-refractivity contribution in [3.05, 3.63) is 64.8 Å². The zero-order valence-corrected chi connectivity index (χ0v) is 11.7. The number of benzene rings is 2. The van der Waals surface area contributed by atoms with Crippen molar-refractivity contribution in [3.63, 3.8) is 0 Å². The molecule has 3 aromatic rings. The molecule has 2 nitrogen and oxygen atoms in total. The van der Waals surface area contributed by atoms with E-state index in [0.29, 0.717) is 5.39 Å². The zero-order chi connectivity index (χ0) is 14.3. The first-order chi connectivity index (χ1) is 9.56. The van der Waals surface area contributed by atoms with Gasteiger partial charge in [0.25, 0.3) is 5.56 Å². The maximum absolute atomic E-state index is 13.4. The fourth-order valence-electron chi connectivity index (χ4n) is 2.34. The van der Waals surface area contributed by atoms with E-state index in [2.05, 4.69) is 12.6 Å². The highest BCUT2D eigenvalue weighted by Gasteiger charge is 2.10. The second-order valence-corrected chi connectivity index (χ2v) is 5.22. The molecule has 4 heteroatoms. The van der Waals surface area contributed by atoms with Crippen LogP contribution in [0.4, 0.5) is 4.39 Å². The van der Waals surface area contributed by atoms with Crippen LogP contribution < -0.4 is 5.56 Å². The molecule has 0 aliphatic rings. The highest BCUT2D eigenvalue weighted by Crippen LogP contribution is 2.28. The number of fused-ring (bicyclic) bond motifs is 1. The van der Waals surface area contributed by atoms with Crippen molar-refractivity contribution < 1.29 is 4.39 Å². The largest absolute Gasteiger partial charge is 0.317 e. The van der Waals surface area contributed by atoms with Crippen molar-refractivity contribution in [1.82, 2.24) is 4.57 Å². The molecular weight excluding hydrogens is 273 g/mol. The molecule has 0 aliphatic carbocycles. The molecule has 0 bridgehead atoms. The summed E-state index contributed by atoms with van der Waals surface area (Å²) in [5, 5.41) is 1.13. The van der Waals surface area contributed by atoms with Gasteiger partial charge in [-0.2, -0.15) is 0 Å². The molecule has 0 fully saturated rings. The fraction of sp³-hybridized carbons (Fsp3) is 0.0625. The predicted octanol–water partition coefficient (Wildman–Crippen LogP) is 3.63. The molecule has 0 saturated carbocycles. The van der Waals surface area contributed by atoms with Crippen molar-refractivity contribution in [2.24, 2.45) is 7.05 Å². The Morgan fingerprint density at radius 1 is 1.10 bits per heavy atom. The van der Waals surface area contributed by atoms with Gasteiger partial charge in [0.1, 0.15) is 5.82 Å². The maximum Gasteiger partial charge on any atom is 0.258 e. The number of rotatable bonds is 1. The predicted molar refractivity (Wildman–Crippen MR) is 81.8 cm³/mol. The van der Waals surface area contributed by atoms with Gasteiger partial charge in [0.05, 0.1) is 5.39 Å². The van der Waals surface area contributed by atoms with Crippen LogP contribution in [0.1, 0.15) is 0 Å². The topological polar surface area (TPSA) is 22.0 Å². The summed E-state index contributed by atoms with van der Waals surface area (Å²) in [4.78, 5) is 13.0. The third-order valence-corrected chi connectivity index (χ3v) is 3.58. The average Bonchev–Trinajstić information content (AvgIpc) is 2.43. The van der Waals surface area contributed by atoms with E-state index in [1.165, 1.54) is 16.7 Å². The zero-order valence-electron chi connectivity index (χ0n) is 10.8. The average molecular weight is 285 g/mol. The Bertz CT molecular complexity index is 870. The lowest BCUT2D eigenvalue weighted by molar-refractivity contribution is 0.629. The van der Waals surface area contributed by atoms with Gasteiger partial charge in [0.2, 0.25) is 0 Å². The van der Waals surface area contributed by atoms with Crippen LogP contribution in [0.15, 0.2) is 58.4 Å². The molecule has 0 amide bonds. The molecule has 0 saturated heterocycles. The van der Waals surface area contributed by atoms with Gasteiger partial charge in [0.15, 0.2) is 0 Å². The summed E-state index contributed by atoms with van der Waals surface area (Å²) < 4.78 is 14.9. The van der Waals surface area contributed by atoms with Gasteiger partial charge in [0, 0.05) is 23.7 Å². The smallest absolute Gasteiger partial charge is 0.258 e. The summed E-state index contributed by atoms with van der Waals surface area (Å²) in [6.07, 6.45) is 1.77. The molecule has 20 heavy (non-hydrogen) atoms. The maximum atomic E-state index is 13.4. The minimum Gasteiger partial charge on any atom is -0.317 e. The number of halogens is 1. The number of aromatic nitrogens is 1. The van der Waals surface area contributed by atoms with E-state index in [1.54, 1.807) is 19.3 Å². The summed E-state index contributed by atoms with van der Waals surface area (Å²) in [6.45, 7) is 0. The molecule has 0 aliphatic heterocycles. The first-order valence-corrected chi connectivity index (χ1v) is 6.59. The molecule has 0 unspecified atom stereocenters. The molecular formula is C16H12FNOS. The van der Waals surface area contributed by atoms with Gasteiger partial charge in [-0.25, -0.2) is 4.39 Å². The third kappa shape index (κ3) is 2.12. The molecule has 0 spiro atoms. The highest BCUT2D eigenvalue weighted by atomic mass is 32.1. The van der Waals surface area contributed by atoms with Crippen molar-refractivity contribution >= 4 is 23.4 Å².